The van der Waals surface area contributed by atoms with Crippen LogP contribution in [0.1, 0.15) is 40.4 Å². The SMILES string of the molecule is O=C(NC(=O)c1ccccc1Cl)Nc1ccc(C(ON=Cc2ccc(Cl)cc2)C2CC2)cc1. The van der Waals surface area contributed by atoms with Crippen LogP contribution in [0.15, 0.2) is 78.0 Å². The van der Waals surface area contributed by atoms with Gasteiger partial charge >= 0.3 is 6.03 Å². The topological polar surface area (TPSA) is 79.8 Å². The van der Waals surface area contributed by atoms with E-state index < -0.39 is 11.9 Å². The number of oxime groups is 1. The predicted molar refractivity (Wildman–Crippen MR) is 130 cm³/mol. The Morgan fingerprint density at radius 1 is 0.970 bits per heavy atom. The number of benzene rings is 3. The van der Waals surface area contributed by atoms with Crippen molar-refractivity contribution < 1.29 is 14.4 Å². The van der Waals surface area contributed by atoms with Gasteiger partial charge < -0.3 is 10.2 Å². The van der Waals surface area contributed by atoms with Crippen LogP contribution in [0, 0.1) is 5.92 Å². The number of hydrogen-bond donors (Lipinski definition) is 2. The van der Waals surface area contributed by atoms with Gasteiger partial charge in [0.05, 0.1) is 16.8 Å². The zero-order valence-electron chi connectivity index (χ0n) is 17.5. The number of anilines is 1. The van der Waals surface area contributed by atoms with Crippen molar-refractivity contribution in [2.45, 2.75) is 18.9 Å². The van der Waals surface area contributed by atoms with E-state index >= 15 is 0 Å². The third-order valence-corrected chi connectivity index (χ3v) is 5.72. The van der Waals surface area contributed by atoms with Crippen molar-refractivity contribution in [3.63, 3.8) is 0 Å². The lowest BCUT2D eigenvalue weighted by Gasteiger charge is -2.15. The van der Waals surface area contributed by atoms with Crippen molar-refractivity contribution in [2.75, 3.05) is 5.32 Å². The average molecular weight is 482 g/mol. The average Bonchev–Trinajstić information content (AvgIpc) is 3.64. The Morgan fingerprint density at radius 3 is 2.33 bits per heavy atom. The maximum Gasteiger partial charge on any atom is 0.326 e. The Labute approximate surface area is 201 Å². The minimum Gasteiger partial charge on any atom is -0.387 e. The van der Waals surface area contributed by atoms with Crippen LogP contribution in [0.25, 0.3) is 0 Å². The van der Waals surface area contributed by atoms with Crippen LogP contribution in [-0.2, 0) is 4.84 Å². The Morgan fingerprint density at radius 2 is 1.67 bits per heavy atom. The van der Waals surface area contributed by atoms with Crippen molar-refractivity contribution in [1.29, 1.82) is 0 Å². The lowest BCUT2D eigenvalue weighted by Crippen LogP contribution is -2.34. The molecule has 168 valence electrons. The summed E-state index contributed by atoms with van der Waals surface area (Å²) in [5.41, 5.74) is 2.63. The second kappa shape index (κ2) is 10.5. The Balaban J connectivity index is 1.35. The predicted octanol–water partition coefficient (Wildman–Crippen LogP) is 6.46. The van der Waals surface area contributed by atoms with Gasteiger partial charge in [0.1, 0.15) is 0 Å². The van der Waals surface area contributed by atoms with Crippen molar-refractivity contribution in [1.82, 2.24) is 5.32 Å². The molecule has 0 saturated heterocycles. The minimum absolute atomic E-state index is 0.168. The second-order valence-electron chi connectivity index (χ2n) is 7.66. The molecule has 1 aliphatic carbocycles. The number of nitrogens with zero attached hydrogens (tertiary/aromatic N) is 1. The van der Waals surface area contributed by atoms with Crippen LogP contribution >= 0.6 is 23.2 Å². The Kier molecular flexibility index (Phi) is 7.27. The van der Waals surface area contributed by atoms with Gasteiger partial charge in [0, 0.05) is 16.6 Å². The fourth-order valence-electron chi connectivity index (χ4n) is 3.26. The van der Waals surface area contributed by atoms with E-state index in [2.05, 4.69) is 15.8 Å². The molecule has 0 aliphatic heterocycles. The largest absolute Gasteiger partial charge is 0.387 e. The lowest BCUT2D eigenvalue weighted by atomic mass is 10.1. The number of halogens is 2. The molecule has 1 aliphatic rings. The molecule has 33 heavy (non-hydrogen) atoms. The standard InChI is InChI=1S/C25H21Cl2N3O3/c26-19-11-5-16(6-12-19)15-28-33-23(17-7-8-17)18-9-13-20(14-10-18)29-25(32)30-24(31)21-3-1-2-4-22(21)27/h1-6,9-15,17,23H,7-8H2,(H2,29,30,31,32). The van der Waals surface area contributed by atoms with E-state index in [9.17, 15) is 9.59 Å². The number of carbonyl (C=O) groups is 2. The van der Waals surface area contributed by atoms with Gasteiger partial charge in [-0.1, -0.05) is 64.8 Å². The summed E-state index contributed by atoms with van der Waals surface area (Å²) in [6.45, 7) is 0. The van der Waals surface area contributed by atoms with Gasteiger partial charge in [-0.15, -0.1) is 0 Å². The number of carbonyl (C=O) groups excluding carboxylic acids is 2. The van der Waals surface area contributed by atoms with E-state index in [-0.39, 0.29) is 16.7 Å². The number of amides is 3. The molecular weight excluding hydrogens is 461 g/mol. The highest BCUT2D eigenvalue weighted by molar-refractivity contribution is 6.34. The highest BCUT2D eigenvalue weighted by atomic mass is 35.5. The number of hydrogen-bond acceptors (Lipinski definition) is 4. The van der Waals surface area contributed by atoms with Gasteiger partial charge in [-0.2, -0.15) is 0 Å². The first-order valence-electron chi connectivity index (χ1n) is 10.4. The molecule has 3 aromatic carbocycles. The number of nitrogens with one attached hydrogen (secondary N) is 2. The second-order valence-corrected chi connectivity index (χ2v) is 8.50. The van der Waals surface area contributed by atoms with E-state index in [0.29, 0.717) is 16.6 Å². The molecule has 1 unspecified atom stereocenters. The Bertz CT molecular complexity index is 1160. The molecule has 4 rings (SSSR count). The molecule has 1 atom stereocenters. The molecule has 1 fully saturated rings. The summed E-state index contributed by atoms with van der Waals surface area (Å²) in [7, 11) is 0. The van der Waals surface area contributed by atoms with E-state index in [1.54, 1.807) is 54.7 Å². The van der Waals surface area contributed by atoms with Gasteiger partial charge in [0.2, 0.25) is 0 Å². The molecule has 6 nitrogen and oxygen atoms in total. The molecule has 0 radical (unpaired) electrons. The molecule has 8 heteroatoms. The summed E-state index contributed by atoms with van der Waals surface area (Å²) < 4.78 is 0. The van der Waals surface area contributed by atoms with Crippen LogP contribution in [0.2, 0.25) is 10.0 Å². The summed E-state index contributed by atoms with van der Waals surface area (Å²) in [5, 5.41) is 10.0. The minimum atomic E-state index is -0.643. The quantitative estimate of drug-likeness (QED) is 0.300. The van der Waals surface area contributed by atoms with E-state index in [0.717, 1.165) is 24.0 Å². The first kappa shape index (κ1) is 22.8. The van der Waals surface area contributed by atoms with E-state index in [4.69, 9.17) is 28.0 Å². The van der Waals surface area contributed by atoms with Crippen LogP contribution in [0.5, 0.6) is 0 Å². The molecule has 3 amide bonds. The van der Waals surface area contributed by atoms with Crippen LogP contribution < -0.4 is 10.6 Å². The number of rotatable bonds is 7. The normalized spacial score (nSPS) is 14.0. The summed E-state index contributed by atoms with van der Waals surface area (Å²) in [4.78, 5) is 30.2. The van der Waals surface area contributed by atoms with Crippen molar-refractivity contribution >= 4 is 47.0 Å². The summed E-state index contributed by atoms with van der Waals surface area (Å²) in [6.07, 6.45) is 3.64. The maximum absolute atomic E-state index is 12.2. The van der Waals surface area contributed by atoms with E-state index in [1.807, 2.05) is 24.3 Å². The van der Waals surface area contributed by atoms with Crippen molar-refractivity contribution in [3.8, 4) is 0 Å². The van der Waals surface area contributed by atoms with E-state index in [1.165, 1.54) is 0 Å². The monoisotopic (exact) mass is 481 g/mol. The van der Waals surface area contributed by atoms with Gasteiger partial charge in [0.25, 0.3) is 5.91 Å². The molecule has 0 aromatic heterocycles. The van der Waals surface area contributed by atoms with Gasteiger partial charge in [0.15, 0.2) is 6.10 Å². The third kappa shape index (κ3) is 6.34. The molecule has 2 N–H and O–H groups in total. The lowest BCUT2D eigenvalue weighted by molar-refractivity contribution is 0.0434. The van der Waals surface area contributed by atoms with Gasteiger partial charge in [-0.05, 0) is 60.4 Å². The third-order valence-electron chi connectivity index (χ3n) is 5.14. The molecule has 0 heterocycles. The van der Waals surface area contributed by atoms with Crippen molar-refractivity contribution in [2.24, 2.45) is 11.1 Å². The van der Waals surface area contributed by atoms with Gasteiger partial charge in [-0.25, -0.2) is 4.79 Å². The smallest absolute Gasteiger partial charge is 0.326 e. The zero-order chi connectivity index (χ0) is 23.2. The highest BCUT2D eigenvalue weighted by Gasteiger charge is 2.34. The van der Waals surface area contributed by atoms with Crippen LogP contribution in [0.3, 0.4) is 0 Å². The molecule has 0 bridgehead atoms. The first-order valence-corrected chi connectivity index (χ1v) is 11.2. The summed E-state index contributed by atoms with van der Waals surface area (Å²) in [5.74, 6) is -0.168. The fraction of sp³-hybridized carbons (Fsp3) is 0.160. The zero-order valence-corrected chi connectivity index (χ0v) is 19.0. The summed E-state index contributed by atoms with van der Waals surface area (Å²) in [6, 6.07) is 20.5. The summed E-state index contributed by atoms with van der Waals surface area (Å²) >= 11 is 11.9. The number of urea groups is 1. The molecule has 3 aromatic rings. The maximum atomic E-state index is 12.2. The molecule has 1 saturated carbocycles. The van der Waals surface area contributed by atoms with Crippen molar-refractivity contribution in [3.05, 3.63) is 99.5 Å². The van der Waals surface area contributed by atoms with Gasteiger partial charge in [-0.3, -0.25) is 10.1 Å². The first-order chi connectivity index (χ1) is 16.0. The fourth-order valence-corrected chi connectivity index (χ4v) is 3.61. The molecule has 0 spiro atoms. The van der Waals surface area contributed by atoms with Crippen LogP contribution in [-0.4, -0.2) is 18.2 Å². The highest BCUT2D eigenvalue weighted by Crippen LogP contribution is 2.43. The molecular formula is C25H21Cl2N3O3. The number of imide groups is 1. The van der Waals surface area contributed by atoms with Crippen LogP contribution in [0.4, 0.5) is 10.5 Å². The Hall–Kier alpha value is -3.35.